The number of hydrogen-bond donors (Lipinski definition) is 3. The van der Waals surface area contributed by atoms with Crippen molar-refractivity contribution in [2.24, 2.45) is 22.7 Å². The van der Waals surface area contributed by atoms with Crippen molar-refractivity contribution in [1.29, 1.82) is 0 Å². The number of amides is 1. The van der Waals surface area contributed by atoms with Gasteiger partial charge in [0.25, 0.3) is 0 Å². The molecule has 3 N–H and O–H groups in total. The Balaban J connectivity index is 0.920. The molecule has 6 rings (SSSR count). The van der Waals surface area contributed by atoms with E-state index in [-0.39, 0.29) is 99.8 Å². The number of ketones is 1. The number of terminal acetylenes is 1. The second-order valence-corrected chi connectivity index (χ2v) is 16.8. The number of cyclic esters (lactones) is 1. The number of hydrogen-bond acceptors (Lipinski definition) is 14. The average molecular weight is 843 g/mol. The van der Waals surface area contributed by atoms with Crippen LogP contribution in [0.1, 0.15) is 85.6 Å². The second kappa shape index (κ2) is 19.5. The van der Waals surface area contributed by atoms with Gasteiger partial charge in [0.15, 0.2) is 5.78 Å². The van der Waals surface area contributed by atoms with Gasteiger partial charge in [-0.15, -0.1) is 6.42 Å². The first-order valence-corrected chi connectivity index (χ1v) is 20.6. The molecule has 1 amide bonds. The van der Waals surface area contributed by atoms with Gasteiger partial charge in [-0.2, -0.15) is 0 Å². The summed E-state index contributed by atoms with van der Waals surface area (Å²) in [6, 6.07) is 12.2. The number of aliphatic hydroxyl groups excluding tert-OH is 1. The van der Waals surface area contributed by atoms with Crippen LogP contribution in [-0.4, -0.2) is 111 Å². The Labute approximate surface area is 355 Å². The Kier molecular flexibility index (Phi) is 14.5. The second-order valence-electron chi connectivity index (χ2n) is 16.8. The molecule has 0 radical (unpaired) electrons. The number of fused-ring (bicyclic) bond motifs is 3. The van der Waals surface area contributed by atoms with Crippen molar-refractivity contribution in [3.05, 3.63) is 76.9 Å². The quantitative estimate of drug-likeness (QED) is 0.0640. The predicted octanol–water partition coefficient (Wildman–Crippen LogP) is 3.95. The number of benzene rings is 2. The van der Waals surface area contributed by atoms with Gasteiger partial charge in [-0.3, -0.25) is 24.5 Å². The number of anilines is 1. The molecule has 61 heavy (non-hydrogen) atoms. The van der Waals surface area contributed by atoms with Crippen LogP contribution in [0, 0.1) is 35.0 Å². The molecule has 2 heterocycles. The molecule has 2 saturated carbocycles. The van der Waals surface area contributed by atoms with E-state index in [1.165, 1.54) is 24.3 Å². The first-order chi connectivity index (χ1) is 29.2. The number of rotatable bonds is 18. The largest absolute Gasteiger partial charge is 0.465 e. The van der Waals surface area contributed by atoms with E-state index in [9.17, 15) is 33.9 Å². The molecule has 2 aromatic rings. The zero-order valence-electron chi connectivity index (χ0n) is 34.8. The summed E-state index contributed by atoms with van der Waals surface area (Å²) >= 11 is 0. The molecule has 2 aliphatic heterocycles. The van der Waals surface area contributed by atoms with E-state index in [1.807, 2.05) is 13.0 Å². The third-order valence-electron chi connectivity index (χ3n) is 12.9. The molecule has 1 saturated heterocycles. The summed E-state index contributed by atoms with van der Waals surface area (Å²) in [4.78, 5) is 75.3. The van der Waals surface area contributed by atoms with E-state index in [1.54, 1.807) is 24.3 Å². The fraction of sp³-hybridized carbons (Fsp3) is 0.522. The molecule has 4 aliphatic rings. The molecule has 0 aromatic heterocycles. The Hall–Kier alpha value is -5.40. The molecule has 0 spiro atoms. The Morgan fingerprint density at radius 2 is 1.56 bits per heavy atom. The number of carbonyl (C=O) groups is 6. The van der Waals surface area contributed by atoms with Crippen molar-refractivity contribution in [1.82, 2.24) is 5.32 Å². The molecule has 3 fully saturated rings. The Morgan fingerprint density at radius 1 is 0.852 bits per heavy atom. The summed E-state index contributed by atoms with van der Waals surface area (Å²) in [5.74, 6) is -0.315. The third kappa shape index (κ3) is 10.4. The van der Waals surface area contributed by atoms with Gasteiger partial charge in [-0.25, -0.2) is 9.59 Å². The van der Waals surface area contributed by atoms with Crippen LogP contribution >= 0.6 is 0 Å². The highest BCUT2D eigenvalue weighted by atomic mass is 16.6. The third-order valence-corrected chi connectivity index (χ3v) is 12.9. The zero-order valence-corrected chi connectivity index (χ0v) is 34.8. The van der Waals surface area contributed by atoms with E-state index in [2.05, 4.69) is 30.4 Å². The van der Waals surface area contributed by atoms with E-state index >= 15 is 0 Å². The summed E-state index contributed by atoms with van der Waals surface area (Å²) < 4.78 is 32.8. The minimum atomic E-state index is -0.709. The highest BCUT2D eigenvalue weighted by Gasteiger charge is 2.65. The first kappa shape index (κ1) is 45.1. The summed E-state index contributed by atoms with van der Waals surface area (Å²) in [5, 5.41) is 16.7. The maximum Gasteiger partial charge on any atom is 0.338 e. The van der Waals surface area contributed by atoms with E-state index in [0.717, 1.165) is 19.3 Å². The van der Waals surface area contributed by atoms with Gasteiger partial charge in [-0.05, 0) is 98.8 Å². The number of carbonyl (C=O) groups excluding carboxylic acids is 6. The minimum Gasteiger partial charge on any atom is -0.465 e. The molecular formula is C46H54N2O13. The summed E-state index contributed by atoms with van der Waals surface area (Å²) in [6.07, 6.45) is 9.25. The molecule has 2 aliphatic carbocycles. The average Bonchev–Trinajstić information content (AvgIpc) is 3.84. The highest BCUT2D eigenvalue weighted by Crippen LogP contribution is 2.66. The van der Waals surface area contributed by atoms with Gasteiger partial charge < -0.3 is 38.8 Å². The normalized spacial score (nSPS) is 27.7. The van der Waals surface area contributed by atoms with E-state index in [4.69, 9.17) is 34.8 Å². The fourth-order valence-corrected chi connectivity index (χ4v) is 9.71. The van der Waals surface area contributed by atoms with Crippen LogP contribution in [0.15, 0.2) is 60.2 Å². The van der Waals surface area contributed by atoms with Crippen molar-refractivity contribution in [2.75, 3.05) is 58.0 Å². The standard InChI is InChI=1S/C46H54N2O13/c1-5-20-56-23-24-57-40(52)27-47-26-38(50)48-32-12-10-30(11-13-32)41(53)29-6-8-31(9-7-29)42(54)58-22-17-39(51)60-28-45(3)35-14-19-46(4)36(44(35,2)18-15-37(45)49)25-34(61-46)33-16-21-59-43(33)55/h1,6-13,16,34-37,47,49H,14-15,17-28H2,2-4H3,(H,48,50)/t34?,35?,36?,37-,44-,45+,46?/m1/s1. The summed E-state index contributed by atoms with van der Waals surface area (Å²) in [6.45, 7) is 6.45. The molecule has 0 bridgehead atoms. The van der Waals surface area contributed by atoms with Gasteiger partial charge in [0, 0.05) is 22.2 Å². The number of esters is 4. The van der Waals surface area contributed by atoms with Crippen LogP contribution in [0.5, 0.6) is 0 Å². The summed E-state index contributed by atoms with van der Waals surface area (Å²) in [5.41, 5.74) is 0.559. The van der Waals surface area contributed by atoms with Gasteiger partial charge in [-0.1, -0.05) is 31.9 Å². The molecular weight excluding hydrogens is 789 g/mol. The lowest BCUT2D eigenvalue weighted by Crippen LogP contribution is -2.61. The maximum absolute atomic E-state index is 13.1. The Bertz CT molecular complexity index is 2040. The van der Waals surface area contributed by atoms with E-state index in [0.29, 0.717) is 35.2 Å². The summed E-state index contributed by atoms with van der Waals surface area (Å²) in [7, 11) is 0. The van der Waals surface area contributed by atoms with Crippen LogP contribution in [-0.2, 0) is 47.6 Å². The molecule has 7 atom stereocenters. The molecule has 4 unspecified atom stereocenters. The van der Waals surface area contributed by atoms with Gasteiger partial charge in [0.1, 0.15) is 26.4 Å². The number of aliphatic hydroxyl groups is 1. The van der Waals surface area contributed by atoms with Crippen LogP contribution in [0.25, 0.3) is 0 Å². The fourth-order valence-electron chi connectivity index (χ4n) is 9.71. The monoisotopic (exact) mass is 842 g/mol. The SMILES string of the molecule is C#CCOCCOC(=O)CNCC(=O)Nc1ccc(C(=O)c2ccc(C(=O)OCCC(=O)OC[C@@]3(C)C4CCC5(C)OC(C6=CCOC6=O)CC5[C@]4(C)CC[C@H]3O)cc2)cc1. The number of ether oxygens (including phenoxy) is 6. The van der Waals surface area contributed by atoms with E-state index < -0.39 is 40.9 Å². The lowest BCUT2D eigenvalue weighted by molar-refractivity contribution is -0.203. The number of nitrogens with one attached hydrogen (secondary N) is 2. The van der Waals surface area contributed by atoms with Crippen molar-refractivity contribution in [2.45, 2.75) is 77.1 Å². The molecule has 2 aromatic carbocycles. The zero-order chi connectivity index (χ0) is 43.8. The van der Waals surface area contributed by atoms with Crippen molar-refractivity contribution < 1.29 is 62.3 Å². The topological polar surface area (TPSA) is 202 Å². The lowest BCUT2D eigenvalue weighted by atomic mass is 9.44. The van der Waals surface area contributed by atoms with Gasteiger partial charge in [0.05, 0.1) is 61.7 Å². The van der Waals surface area contributed by atoms with Gasteiger partial charge in [0.2, 0.25) is 5.91 Å². The smallest absolute Gasteiger partial charge is 0.338 e. The first-order valence-electron chi connectivity index (χ1n) is 20.6. The van der Waals surface area contributed by atoms with Crippen LogP contribution < -0.4 is 10.6 Å². The van der Waals surface area contributed by atoms with Crippen LogP contribution in [0.3, 0.4) is 0 Å². The van der Waals surface area contributed by atoms with Crippen molar-refractivity contribution >= 4 is 41.3 Å². The minimum absolute atomic E-state index is 0.0167. The van der Waals surface area contributed by atoms with Crippen molar-refractivity contribution in [3.8, 4) is 12.3 Å². The molecule has 15 heteroatoms. The maximum atomic E-state index is 13.1. The highest BCUT2D eigenvalue weighted by molar-refractivity contribution is 6.09. The lowest BCUT2D eigenvalue weighted by Gasteiger charge is -2.61. The Morgan fingerprint density at radius 3 is 2.25 bits per heavy atom. The molecule has 15 nitrogen and oxygen atoms in total. The predicted molar refractivity (Wildman–Crippen MR) is 219 cm³/mol. The molecule has 326 valence electrons. The van der Waals surface area contributed by atoms with Crippen LogP contribution in [0.4, 0.5) is 5.69 Å². The van der Waals surface area contributed by atoms with Crippen LogP contribution in [0.2, 0.25) is 0 Å². The van der Waals surface area contributed by atoms with Crippen molar-refractivity contribution in [3.63, 3.8) is 0 Å². The van der Waals surface area contributed by atoms with Gasteiger partial charge >= 0.3 is 23.9 Å².